The second kappa shape index (κ2) is 6.67. The number of carbonyl (C=O) groups excluding carboxylic acids is 1. The summed E-state index contributed by atoms with van der Waals surface area (Å²) < 4.78 is 7.49. The number of hydrogen-bond acceptors (Lipinski definition) is 4. The number of aromatic nitrogens is 4. The predicted molar refractivity (Wildman–Crippen MR) is 97.3 cm³/mol. The normalized spacial score (nSPS) is 16.7. The molecule has 0 saturated heterocycles. The summed E-state index contributed by atoms with van der Waals surface area (Å²) in [5.74, 6) is 1.47. The molecule has 0 radical (unpaired) electrons. The number of nitrogens with one attached hydrogen (secondary N) is 2. The molecule has 1 aromatic carbocycles. The highest BCUT2D eigenvalue weighted by molar-refractivity contribution is 5.94. The Morgan fingerprint density at radius 3 is 3.00 bits per heavy atom. The van der Waals surface area contributed by atoms with Crippen molar-refractivity contribution in [3.63, 3.8) is 0 Å². The number of benzene rings is 1. The molecule has 1 atom stereocenters. The number of H-pyrrole nitrogens is 1. The molecule has 1 unspecified atom stereocenters. The molecule has 0 bridgehead atoms. The van der Waals surface area contributed by atoms with Crippen LogP contribution in [0.2, 0.25) is 0 Å². The fraction of sp³-hybridized carbons (Fsp3) is 0.316. The molecule has 134 valence electrons. The van der Waals surface area contributed by atoms with Crippen LogP contribution in [0.25, 0.3) is 11.5 Å². The van der Waals surface area contributed by atoms with Gasteiger partial charge in [-0.15, -0.1) is 0 Å². The number of hydrogen-bond donors (Lipinski definition) is 2. The van der Waals surface area contributed by atoms with Crippen LogP contribution in [0.15, 0.2) is 36.8 Å². The number of nitrogens with zero attached hydrogens (tertiary/aromatic N) is 3. The van der Waals surface area contributed by atoms with E-state index in [-0.39, 0.29) is 11.8 Å². The summed E-state index contributed by atoms with van der Waals surface area (Å²) in [5, 5.41) is 2.99. The van der Waals surface area contributed by atoms with Gasteiger partial charge >= 0.3 is 0 Å². The maximum atomic E-state index is 12.5. The molecule has 2 aromatic heterocycles. The first kappa shape index (κ1) is 16.4. The topological polar surface area (TPSA) is 84.8 Å². The van der Waals surface area contributed by atoms with Gasteiger partial charge in [0.2, 0.25) is 0 Å². The number of ether oxygens (including phenoxy) is 1. The van der Waals surface area contributed by atoms with Crippen LogP contribution in [-0.4, -0.2) is 39.1 Å². The first-order valence-electron chi connectivity index (χ1n) is 8.71. The number of imidazole rings is 2. The summed E-state index contributed by atoms with van der Waals surface area (Å²) in [6.07, 6.45) is 4.21. The molecule has 1 amide bonds. The Hall–Kier alpha value is -3.09. The van der Waals surface area contributed by atoms with Gasteiger partial charge in [-0.3, -0.25) is 4.79 Å². The van der Waals surface area contributed by atoms with Crippen molar-refractivity contribution >= 4 is 5.91 Å². The van der Waals surface area contributed by atoms with Crippen molar-refractivity contribution in [3.05, 3.63) is 53.7 Å². The maximum Gasteiger partial charge on any atom is 0.271 e. The Morgan fingerprint density at radius 1 is 1.35 bits per heavy atom. The molecule has 4 rings (SSSR count). The summed E-state index contributed by atoms with van der Waals surface area (Å²) in [7, 11) is 1.67. The molecular formula is C19H21N5O2. The van der Waals surface area contributed by atoms with E-state index in [0.717, 1.165) is 29.2 Å². The third kappa shape index (κ3) is 2.75. The molecule has 3 heterocycles. The zero-order valence-electron chi connectivity index (χ0n) is 14.8. The minimum atomic E-state index is -0.150. The van der Waals surface area contributed by atoms with Crippen LogP contribution in [-0.2, 0) is 13.0 Å². The van der Waals surface area contributed by atoms with Gasteiger partial charge in [-0.1, -0.05) is 18.2 Å². The van der Waals surface area contributed by atoms with Gasteiger partial charge in [-0.05, 0) is 25.0 Å². The van der Waals surface area contributed by atoms with Crippen molar-refractivity contribution < 1.29 is 9.53 Å². The molecule has 3 aromatic rings. The number of amides is 1. The Morgan fingerprint density at radius 2 is 2.19 bits per heavy atom. The third-order valence-electron chi connectivity index (χ3n) is 4.83. The number of fused-ring (bicyclic) bond motifs is 1. The van der Waals surface area contributed by atoms with E-state index in [1.807, 2.05) is 35.8 Å². The van der Waals surface area contributed by atoms with Crippen LogP contribution in [0.4, 0.5) is 0 Å². The van der Waals surface area contributed by atoms with Gasteiger partial charge in [0.05, 0.1) is 19.6 Å². The standard InChI is InChI=1S/C19H21N5O2/c1-3-24-11-20-10-15(24)18-22-14-8-12(9-21-19(25)17(14)23-18)13-6-4-5-7-16(13)26-2/h4-7,10-12H,3,8-9H2,1-2H3,(H,21,25)(H,22,23). The average Bonchev–Trinajstić information content (AvgIpc) is 3.28. The summed E-state index contributed by atoms with van der Waals surface area (Å²) >= 11 is 0. The van der Waals surface area contributed by atoms with Crippen molar-refractivity contribution in [1.82, 2.24) is 24.8 Å². The highest BCUT2D eigenvalue weighted by Crippen LogP contribution is 2.31. The molecule has 26 heavy (non-hydrogen) atoms. The molecule has 7 nitrogen and oxygen atoms in total. The van der Waals surface area contributed by atoms with E-state index in [0.29, 0.717) is 24.5 Å². The minimum absolute atomic E-state index is 0.112. The number of carbonyl (C=O) groups is 1. The molecule has 0 saturated carbocycles. The van der Waals surface area contributed by atoms with E-state index in [1.54, 1.807) is 19.6 Å². The van der Waals surface area contributed by atoms with Crippen molar-refractivity contribution in [1.29, 1.82) is 0 Å². The first-order valence-corrected chi connectivity index (χ1v) is 8.71. The Balaban J connectivity index is 1.72. The molecule has 0 spiro atoms. The fourth-order valence-electron chi connectivity index (χ4n) is 3.48. The molecular weight excluding hydrogens is 330 g/mol. The van der Waals surface area contributed by atoms with Gasteiger partial charge in [0.15, 0.2) is 5.82 Å². The quantitative estimate of drug-likeness (QED) is 0.756. The van der Waals surface area contributed by atoms with Crippen molar-refractivity contribution in [2.45, 2.75) is 25.8 Å². The number of para-hydroxylation sites is 1. The van der Waals surface area contributed by atoms with E-state index < -0.39 is 0 Å². The lowest BCUT2D eigenvalue weighted by Gasteiger charge is -2.17. The van der Waals surface area contributed by atoms with Crippen molar-refractivity contribution in [2.24, 2.45) is 0 Å². The summed E-state index contributed by atoms with van der Waals surface area (Å²) in [6.45, 7) is 3.38. The summed E-state index contributed by atoms with van der Waals surface area (Å²) in [6, 6.07) is 7.93. The Labute approximate surface area is 151 Å². The van der Waals surface area contributed by atoms with Crippen LogP contribution in [0.5, 0.6) is 5.75 Å². The highest BCUT2D eigenvalue weighted by atomic mass is 16.5. The largest absolute Gasteiger partial charge is 0.496 e. The monoisotopic (exact) mass is 351 g/mol. The van der Waals surface area contributed by atoms with Crippen LogP contribution in [0.3, 0.4) is 0 Å². The van der Waals surface area contributed by atoms with Gasteiger partial charge in [0.25, 0.3) is 5.91 Å². The van der Waals surface area contributed by atoms with E-state index in [9.17, 15) is 4.79 Å². The third-order valence-corrected chi connectivity index (χ3v) is 4.83. The molecule has 0 fully saturated rings. The second-order valence-corrected chi connectivity index (χ2v) is 6.33. The molecule has 2 N–H and O–H groups in total. The summed E-state index contributed by atoms with van der Waals surface area (Å²) in [4.78, 5) is 24.6. The lowest BCUT2D eigenvalue weighted by Crippen LogP contribution is -2.26. The SMILES string of the molecule is CCn1cncc1-c1nc2c([nH]1)CC(c1ccccc1OC)CNC2=O. The van der Waals surface area contributed by atoms with Gasteiger partial charge in [-0.25, -0.2) is 9.97 Å². The van der Waals surface area contributed by atoms with Crippen LogP contribution < -0.4 is 10.1 Å². The molecule has 7 heteroatoms. The first-order chi connectivity index (χ1) is 12.7. The second-order valence-electron chi connectivity index (χ2n) is 6.33. The maximum absolute atomic E-state index is 12.5. The van der Waals surface area contributed by atoms with Gasteiger partial charge in [0, 0.05) is 24.7 Å². The van der Waals surface area contributed by atoms with Crippen LogP contribution in [0.1, 0.15) is 34.6 Å². The Kier molecular flexibility index (Phi) is 4.20. The minimum Gasteiger partial charge on any atom is -0.496 e. The van der Waals surface area contributed by atoms with E-state index >= 15 is 0 Å². The van der Waals surface area contributed by atoms with Crippen molar-refractivity contribution in [2.75, 3.05) is 13.7 Å². The smallest absolute Gasteiger partial charge is 0.271 e. The summed E-state index contributed by atoms with van der Waals surface area (Å²) in [5.41, 5.74) is 3.26. The zero-order valence-corrected chi connectivity index (χ0v) is 14.8. The average molecular weight is 351 g/mol. The number of aryl methyl sites for hydroxylation is 1. The van der Waals surface area contributed by atoms with Crippen molar-refractivity contribution in [3.8, 4) is 17.3 Å². The molecule has 1 aliphatic rings. The Bertz CT molecular complexity index is 943. The molecule has 1 aliphatic heterocycles. The zero-order chi connectivity index (χ0) is 18.1. The molecule has 0 aliphatic carbocycles. The lowest BCUT2D eigenvalue weighted by molar-refractivity contribution is 0.0950. The van der Waals surface area contributed by atoms with E-state index in [4.69, 9.17) is 4.74 Å². The van der Waals surface area contributed by atoms with Gasteiger partial charge < -0.3 is 19.6 Å². The number of rotatable bonds is 4. The van der Waals surface area contributed by atoms with Gasteiger partial charge in [-0.2, -0.15) is 0 Å². The number of methoxy groups -OCH3 is 1. The fourth-order valence-corrected chi connectivity index (χ4v) is 3.48. The van der Waals surface area contributed by atoms with E-state index in [1.165, 1.54) is 0 Å². The van der Waals surface area contributed by atoms with Gasteiger partial charge in [0.1, 0.15) is 17.1 Å². The van der Waals surface area contributed by atoms with Crippen LogP contribution >= 0.6 is 0 Å². The van der Waals surface area contributed by atoms with Crippen LogP contribution in [0, 0.1) is 0 Å². The highest BCUT2D eigenvalue weighted by Gasteiger charge is 2.28. The predicted octanol–water partition coefficient (Wildman–Crippen LogP) is 2.37. The lowest BCUT2D eigenvalue weighted by atomic mass is 9.93. The number of aromatic amines is 1. The van der Waals surface area contributed by atoms with E-state index in [2.05, 4.69) is 20.3 Å².